The molecule has 0 saturated carbocycles. The predicted octanol–water partition coefficient (Wildman–Crippen LogP) is 3.65. The molecule has 0 aliphatic rings. The monoisotopic (exact) mass is 410 g/mol. The number of hydrogen-bond acceptors (Lipinski definition) is 4. The Kier molecular flexibility index (Phi) is 6.99. The lowest BCUT2D eigenvalue weighted by molar-refractivity contribution is -0.690. The Morgan fingerprint density at radius 2 is 1.72 bits per heavy atom. The Bertz CT molecular complexity index is 1020. The van der Waals surface area contributed by atoms with Gasteiger partial charge in [-0.25, -0.2) is 4.79 Å². The summed E-state index contributed by atoms with van der Waals surface area (Å²) in [5.41, 5.74) is 1.55. The maximum absolute atomic E-state index is 13.4. The van der Waals surface area contributed by atoms with Crippen molar-refractivity contribution in [2.75, 3.05) is 12.4 Å². The standard InChI is InChI=1S/C23H26N2O3S/c1-4-10-20-21(26)24(17-11-8-7-9-12-17)23(29-6-3)25(22(20)27)18-13-15-19(16-14-18)28-5-2/h7-9,11-16H,4-6,10H2,1-3H3. The molecule has 0 radical (unpaired) electrons. The first-order chi connectivity index (χ1) is 14.1. The first-order valence-corrected chi connectivity index (χ1v) is 10.9. The molecular weight excluding hydrogens is 384 g/mol. The van der Waals surface area contributed by atoms with Gasteiger partial charge in [0.1, 0.15) is 17.1 Å². The Morgan fingerprint density at radius 3 is 2.31 bits per heavy atom. The van der Waals surface area contributed by atoms with Crippen LogP contribution in [0.4, 0.5) is 0 Å². The van der Waals surface area contributed by atoms with E-state index in [-0.39, 0.29) is 11.4 Å². The van der Waals surface area contributed by atoms with Gasteiger partial charge < -0.3 is 9.84 Å². The Hall–Kier alpha value is -2.73. The molecule has 0 unspecified atom stereocenters. The predicted molar refractivity (Wildman–Crippen MR) is 115 cm³/mol. The Labute approximate surface area is 175 Å². The third kappa shape index (κ3) is 4.32. The van der Waals surface area contributed by atoms with E-state index in [9.17, 15) is 9.90 Å². The van der Waals surface area contributed by atoms with E-state index in [0.29, 0.717) is 23.7 Å². The van der Waals surface area contributed by atoms with E-state index >= 15 is 0 Å². The average Bonchev–Trinajstić information content (AvgIpc) is 2.73. The molecule has 3 rings (SSSR count). The molecule has 0 bridgehead atoms. The number of nitrogens with zero attached hydrogens (tertiary/aromatic N) is 2. The number of para-hydroxylation sites is 1. The van der Waals surface area contributed by atoms with Crippen molar-refractivity contribution >= 4 is 11.8 Å². The molecule has 152 valence electrons. The van der Waals surface area contributed by atoms with Gasteiger partial charge in [-0.05, 0) is 61.5 Å². The van der Waals surface area contributed by atoms with Crippen LogP contribution < -0.4 is 20.0 Å². The van der Waals surface area contributed by atoms with E-state index in [1.807, 2.05) is 75.4 Å². The second kappa shape index (κ2) is 9.65. The Morgan fingerprint density at radius 1 is 1.03 bits per heavy atom. The van der Waals surface area contributed by atoms with Gasteiger partial charge in [0.05, 0.1) is 18.1 Å². The Balaban J connectivity index is 2.33. The number of aromatic nitrogens is 2. The quantitative estimate of drug-likeness (QED) is 0.323. The van der Waals surface area contributed by atoms with Crippen LogP contribution in [0.5, 0.6) is 11.6 Å². The summed E-state index contributed by atoms with van der Waals surface area (Å²) in [6.07, 6.45) is 1.17. The van der Waals surface area contributed by atoms with Gasteiger partial charge in [-0.1, -0.05) is 38.5 Å². The summed E-state index contributed by atoms with van der Waals surface area (Å²) < 4.78 is 8.85. The summed E-state index contributed by atoms with van der Waals surface area (Å²) in [6, 6.07) is 16.9. The van der Waals surface area contributed by atoms with Gasteiger partial charge in [0, 0.05) is 5.75 Å². The molecule has 0 amide bonds. The molecule has 6 heteroatoms. The zero-order chi connectivity index (χ0) is 20.8. The van der Waals surface area contributed by atoms with E-state index in [1.54, 1.807) is 9.13 Å². The van der Waals surface area contributed by atoms with Crippen molar-refractivity contribution < 1.29 is 14.4 Å². The number of ether oxygens (including phenoxy) is 1. The van der Waals surface area contributed by atoms with Crippen molar-refractivity contribution in [1.82, 2.24) is 4.57 Å². The van der Waals surface area contributed by atoms with Crippen LogP contribution in [0.1, 0.15) is 32.8 Å². The van der Waals surface area contributed by atoms with E-state index in [4.69, 9.17) is 4.74 Å². The van der Waals surface area contributed by atoms with Gasteiger partial charge in [0.2, 0.25) is 0 Å². The van der Waals surface area contributed by atoms with Crippen LogP contribution in [0.3, 0.4) is 0 Å². The number of benzene rings is 2. The highest BCUT2D eigenvalue weighted by atomic mass is 32.2. The summed E-state index contributed by atoms with van der Waals surface area (Å²) in [4.78, 5) is 13.3. The topological polar surface area (TPSA) is 58.2 Å². The van der Waals surface area contributed by atoms with Crippen LogP contribution in [0, 0.1) is 0 Å². The molecular formula is C23H26N2O3S. The maximum atomic E-state index is 13.4. The van der Waals surface area contributed by atoms with Crippen molar-refractivity contribution in [3.63, 3.8) is 0 Å². The van der Waals surface area contributed by atoms with Crippen LogP contribution in [-0.4, -0.2) is 16.9 Å². The molecule has 0 N–H and O–H groups in total. The zero-order valence-electron chi connectivity index (χ0n) is 17.1. The fourth-order valence-electron chi connectivity index (χ4n) is 3.25. The first-order valence-electron chi connectivity index (χ1n) is 9.94. The lowest BCUT2D eigenvalue weighted by atomic mass is 10.1. The number of hydrogen-bond donors (Lipinski definition) is 0. The van der Waals surface area contributed by atoms with Crippen LogP contribution in [0.25, 0.3) is 11.4 Å². The summed E-state index contributed by atoms with van der Waals surface area (Å²) in [5, 5.41) is 14.0. The largest absolute Gasteiger partial charge is 0.842 e. The SMILES string of the molecule is CCCc1c([O-])[n+](-c2ccc(OCC)cc2)c(SCC)n(-c2ccccc2)c1=O. The van der Waals surface area contributed by atoms with Gasteiger partial charge in [0.25, 0.3) is 0 Å². The molecule has 0 aliphatic heterocycles. The van der Waals surface area contributed by atoms with Gasteiger partial charge >= 0.3 is 10.7 Å². The summed E-state index contributed by atoms with van der Waals surface area (Å²) in [6.45, 7) is 6.50. The number of rotatable bonds is 8. The molecule has 1 heterocycles. The van der Waals surface area contributed by atoms with E-state index in [1.165, 1.54) is 11.8 Å². The molecule has 3 aromatic rings. The maximum Gasteiger partial charge on any atom is 0.345 e. The van der Waals surface area contributed by atoms with Crippen molar-refractivity contribution in [2.45, 2.75) is 38.8 Å². The van der Waals surface area contributed by atoms with Crippen LogP contribution >= 0.6 is 11.8 Å². The van der Waals surface area contributed by atoms with Gasteiger partial charge in [-0.15, -0.1) is 0 Å². The molecule has 29 heavy (non-hydrogen) atoms. The molecule has 0 spiro atoms. The van der Waals surface area contributed by atoms with E-state index < -0.39 is 0 Å². The van der Waals surface area contributed by atoms with Crippen molar-refractivity contribution in [1.29, 1.82) is 0 Å². The summed E-state index contributed by atoms with van der Waals surface area (Å²) >= 11 is 1.48. The smallest absolute Gasteiger partial charge is 0.345 e. The minimum Gasteiger partial charge on any atom is -0.842 e. The highest BCUT2D eigenvalue weighted by molar-refractivity contribution is 7.99. The molecule has 1 aromatic heterocycles. The molecule has 0 aliphatic carbocycles. The van der Waals surface area contributed by atoms with E-state index in [2.05, 4.69) is 0 Å². The zero-order valence-corrected chi connectivity index (χ0v) is 17.9. The minimum atomic E-state index is -0.246. The van der Waals surface area contributed by atoms with E-state index in [0.717, 1.165) is 29.3 Å². The van der Waals surface area contributed by atoms with Gasteiger partial charge in [0.15, 0.2) is 0 Å². The third-order valence-electron chi connectivity index (χ3n) is 4.50. The fourth-order valence-corrected chi connectivity index (χ4v) is 4.14. The second-order valence-electron chi connectivity index (χ2n) is 6.49. The lowest BCUT2D eigenvalue weighted by Crippen LogP contribution is -2.46. The minimum absolute atomic E-state index is 0.235. The first kappa shape index (κ1) is 21.0. The van der Waals surface area contributed by atoms with Crippen molar-refractivity contribution in [3.8, 4) is 23.0 Å². The van der Waals surface area contributed by atoms with Crippen molar-refractivity contribution in [3.05, 3.63) is 70.5 Å². The average molecular weight is 411 g/mol. The molecule has 5 nitrogen and oxygen atoms in total. The van der Waals surface area contributed by atoms with Crippen LogP contribution in [0.2, 0.25) is 0 Å². The molecule has 2 aromatic carbocycles. The lowest BCUT2D eigenvalue weighted by Gasteiger charge is -2.20. The third-order valence-corrected chi connectivity index (χ3v) is 5.41. The molecule has 0 saturated heterocycles. The highest BCUT2D eigenvalue weighted by Crippen LogP contribution is 2.23. The fraction of sp³-hybridized carbons (Fsp3) is 0.304. The summed E-state index contributed by atoms with van der Waals surface area (Å²) in [7, 11) is 0. The van der Waals surface area contributed by atoms with Gasteiger partial charge in [-0.3, -0.25) is 0 Å². The van der Waals surface area contributed by atoms with Crippen molar-refractivity contribution in [2.24, 2.45) is 0 Å². The molecule has 0 fully saturated rings. The number of thioether (sulfide) groups is 1. The summed E-state index contributed by atoms with van der Waals surface area (Å²) in [5.74, 6) is 1.24. The normalized spacial score (nSPS) is 10.9. The van der Waals surface area contributed by atoms with Gasteiger partial charge in [-0.2, -0.15) is 9.13 Å². The second-order valence-corrected chi connectivity index (χ2v) is 7.72. The highest BCUT2D eigenvalue weighted by Gasteiger charge is 2.26. The van der Waals surface area contributed by atoms with Crippen LogP contribution in [-0.2, 0) is 6.42 Å². The molecule has 0 atom stereocenters. The van der Waals surface area contributed by atoms with Crippen LogP contribution in [0.15, 0.2) is 64.5 Å².